The van der Waals surface area contributed by atoms with Crippen LogP contribution in [0.15, 0.2) is 121 Å². The van der Waals surface area contributed by atoms with E-state index in [9.17, 15) is 19.2 Å². The van der Waals surface area contributed by atoms with Crippen LogP contribution in [0.25, 0.3) is 0 Å². The average Bonchev–Trinajstić information content (AvgIpc) is 0.845. The van der Waals surface area contributed by atoms with Gasteiger partial charge in [0.05, 0.1) is 72.0 Å². The van der Waals surface area contributed by atoms with Gasteiger partial charge in [-0.1, -0.05) is 291 Å². The van der Waals surface area contributed by atoms with E-state index in [1.54, 1.807) is 9.80 Å². The first-order valence-electron chi connectivity index (χ1n) is 50.6. The summed E-state index contributed by atoms with van der Waals surface area (Å²) in [5.74, 6) is -5.36. The molecule has 11 amide bonds. The van der Waals surface area contributed by atoms with Crippen LogP contribution in [0.2, 0.25) is 0 Å². The van der Waals surface area contributed by atoms with Gasteiger partial charge in [0.1, 0.15) is 0 Å². The summed E-state index contributed by atoms with van der Waals surface area (Å²) in [6, 6.07) is 38.1. The molecule has 0 bridgehead atoms. The van der Waals surface area contributed by atoms with Crippen molar-refractivity contribution in [2.24, 2.45) is 34.8 Å². The van der Waals surface area contributed by atoms with Crippen molar-refractivity contribution in [1.29, 1.82) is 0 Å². The Morgan fingerprint density at radius 3 is 0.833 bits per heavy atom. The topological polar surface area (TPSA) is 343 Å². The average molecular weight is 1840 g/mol. The largest absolute Gasteiger partial charge is 0.368 e. The van der Waals surface area contributed by atoms with Crippen molar-refractivity contribution >= 4 is 65.0 Å². The molecule has 0 saturated carbocycles. The lowest BCUT2D eigenvalue weighted by atomic mass is 9.98. The third kappa shape index (κ3) is 47.6. The molecule has 4 aromatic carbocycles. The maximum Gasteiger partial charge on any atom is 0.242 e. The Labute approximate surface area is 793 Å². The number of hydrogen-bond acceptors (Lipinski definition) is 17. The summed E-state index contributed by atoms with van der Waals surface area (Å²) < 4.78 is 0. The number of hydrogen-bond donors (Lipinski definition) is 5. The number of carbonyl (C=O) groups excluding carboxylic acids is 11. The number of rotatable bonds is 75. The summed E-state index contributed by atoms with van der Waals surface area (Å²) in [5, 5.41) is 3.28. The van der Waals surface area contributed by atoms with E-state index in [1.165, 1.54) is 45.6 Å². The lowest BCUT2D eigenvalue weighted by Gasteiger charge is -2.34. The number of nitrogens with two attached hydrogens (primary N) is 4. The fourth-order valence-electron chi connectivity index (χ4n) is 17.0. The van der Waals surface area contributed by atoms with E-state index in [2.05, 4.69) is 56.7 Å². The van der Waals surface area contributed by atoms with Gasteiger partial charge in [-0.15, -0.1) is 0 Å². The van der Waals surface area contributed by atoms with Crippen molar-refractivity contribution in [3.8, 4) is 0 Å². The number of nitrogens with one attached hydrogen (secondary N) is 1. The minimum absolute atomic E-state index is 0.00337. The van der Waals surface area contributed by atoms with Crippen LogP contribution in [-0.2, 0) is 78.4 Å². The molecule has 0 aliphatic carbocycles. The molecule has 1 fully saturated rings. The monoisotopic (exact) mass is 1830 g/mol. The first kappa shape index (κ1) is 113. The number of nitrogens with zero attached hydrogens (tertiary/aromatic N) is 12. The van der Waals surface area contributed by atoms with Gasteiger partial charge in [-0.25, -0.2) is 0 Å². The van der Waals surface area contributed by atoms with Crippen LogP contribution >= 0.6 is 0 Å². The van der Waals surface area contributed by atoms with Crippen LogP contribution in [0.4, 0.5) is 0 Å². The molecule has 28 nitrogen and oxygen atoms in total. The lowest BCUT2D eigenvalue weighted by Crippen LogP contribution is -2.54. The van der Waals surface area contributed by atoms with Gasteiger partial charge < -0.3 is 87.1 Å². The number of carbonyl (C=O) groups is 11. The Morgan fingerprint density at radius 1 is 0.288 bits per heavy atom. The molecule has 0 spiro atoms. The Morgan fingerprint density at radius 2 is 0.545 bits per heavy atom. The molecule has 1 saturated heterocycles. The maximum absolute atomic E-state index is 15.7. The van der Waals surface area contributed by atoms with E-state index in [1.807, 2.05) is 121 Å². The zero-order valence-corrected chi connectivity index (χ0v) is 82.0. The molecule has 1 heterocycles. The molecule has 0 aromatic heterocycles. The molecule has 2 atom stereocenters. The predicted molar refractivity (Wildman–Crippen MR) is 530 cm³/mol. The summed E-state index contributed by atoms with van der Waals surface area (Å²) in [6.07, 6.45) is 25.9. The predicted octanol–water partition coefficient (Wildman–Crippen LogP) is 10.3. The van der Waals surface area contributed by atoms with Crippen molar-refractivity contribution < 1.29 is 52.7 Å². The first-order chi connectivity index (χ1) is 64.1. The van der Waals surface area contributed by atoms with E-state index in [-0.39, 0.29) is 128 Å². The maximum atomic E-state index is 15.7. The molecule has 1 aliphatic heterocycles. The van der Waals surface area contributed by atoms with E-state index >= 15 is 33.6 Å². The summed E-state index contributed by atoms with van der Waals surface area (Å²) in [7, 11) is 0. The van der Waals surface area contributed by atoms with Crippen LogP contribution in [0.1, 0.15) is 231 Å². The summed E-state index contributed by atoms with van der Waals surface area (Å²) in [5.41, 5.74) is 27.6. The Kier molecular flexibility index (Phi) is 59.8. The second kappa shape index (κ2) is 69.6. The highest BCUT2D eigenvalue weighted by atomic mass is 16.2. The highest BCUT2D eigenvalue weighted by Crippen LogP contribution is 2.21. The molecular formula is C104H171N17O11. The van der Waals surface area contributed by atoms with Crippen LogP contribution in [0.5, 0.6) is 0 Å². The van der Waals surface area contributed by atoms with Crippen molar-refractivity contribution in [1.82, 2.24) is 64.1 Å². The van der Waals surface area contributed by atoms with E-state index in [0.29, 0.717) is 58.2 Å². The third-order valence-electron chi connectivity index (χ3n) is 25.5. The van der Waals surface area contributed by atoms with E-state index in [4.69, 9.17) is 22.9 Å². The van der Waals surface area contributed by atoms with Gasteiger partial charge in [-0.3, -0.25) is 52.7 Å². The standard InChI is InChI=1S/C104H171N17O11/c1-7-13-17-19-21-23-25-39-63-112(86-104(132)121(77-89(12-6)44-16-10-4)87-102(130)113(64-40-26-24-22-20-18-14-8-2)85-103(131)120(78-94(108)122)76-88(11-5)43-15-9-3)96(124)79-114(65-53-90-45-31-27-32-46-90)97(125)81-116(67-55-92-49-35-29-36-50-92)100(128)84-119(70-59-107)101(129)82-117(68-56-93-51-37-30-38-52-93)98(126)80-115(66-54-91-47-33-28-34-48-91)99(127)83-118(69-58-106)95(123)75-109-60-42-62-111-73-71-110(72-74-111)61-41-57-105/h27-38,45-52,88-89,109H,7-26,39-44,53-87,105-107H2,1-6H3,(H2,108,122). The molecule has 738 valence electrons. The second-order valence-electron chi connectivity index (χ2n) is 36.2. The van der Waals surface area contributed by atoms with E-state index < -0.39 is 92.4 Å². The normalized spacial score (nSPS) is 12.6. The van der Waals surface area contributed by atoms with Gasteiger partial charge in [0.25, 0.3) is 0 Å². The van der Waals surface area contributed by atoms with Gasteiger partial charge in [0.2, 0.25) is 65.0 Å². The fourth-order valence-corrected chi connectivity index (χ4v) is 17.0. The molecule has 28 heteroatoms. The quantitative estimate of drug-likeness (QED) is 0.0256. The number of unbranched alkanes of at least 4 members (excludes halogenated alkanes) is 16. The summed E-state index contributed by atoms with van der Waals surface area (Å²) >= 11 is 0. The van der Waals surface area contributed by atoms with Crippen LogP contribution in [0.3, 0.4) is 0 Å². The summed E-state index contributed by atoms with van der Waals surface area (Å²) in [4.78, 5) is 184. The molecule has 5 rings (SSSR count). The summed E-state index contributed by atoms with van der Waals surface area (Å²) in [6.45, 7) is 16.9. The van der Waals surface area contributed by atoms with Crippen LogP contribution in [0, 0.1) is 11.8 Å². The number of piperazine rings is 1. The Bertz CT molecular complexity index is 3850. The zero-order chi connectivity index (χ0) is 95.7. The zero-order valence-electron chi connectivity index (χ0n) is 82.0. The number of amides is 11. The SMILES string of the molecule is CCCCCCCCCCN(CC(=O)N(CC(=O)N(CCCCCCCCCC)CC(=O)N(CC(N)=O)CC(CC)CCCC)CC(CC)CCCC)C(=O)CN(CCc1ccccc1)C(=O)CN(CCc1ccccc1)C(=O)CN(CCN)C(=O)CN(CCc1ccccc1)C(=O)CN(CCc1ccccc1)C(=O)CN(CCN)C(=O)CNCCCN1CCN(CCCN)CC1. The van der Waals surface area contributed by atoms with E-state index in [0.717, 1.165) is 209 Å². The van der Waals surface area contributed by atoms with Crippen molar-refractivity contribution in [2.75, 3.05) is 203 Å². The van der Waals surface area contributed by atoms with Gasteiger partial charge in [-0.05, 0) is 124 Å². The smallest absolute Gasteiger partial charge is 0.242 e. The number of benzene rings is 4. The van der Waals surface area contributed by atoms with Gasteiger partial charge in [0.15, 0.2) is 0 Å². The van der Waals surface area contributed by atoms with Crippen molar-refractivity contribution in [3.05, 3.63) is 144 Å². The highest BCUT2D eigenvalue weighted by molar-refractivity contribution is 5.95. The molecule has 2 unspecified atom stereocenters. The first-order valence-corrected chi connectivity index (χ1v) is 50.6. The molecule has 9 N–H and O–H groups in total. The fraction of sp³-hybridized carbons (Fsp3) is 0.663. The van der Waals surface area contributed by atoms with Gasteiger partial charge in [0, 0.05) is 105 Å². The van der Waals surface area contributed by atoms with Crippen molar-refractivity contribution in [3.63, 3.8) is 0 Å². The minimum atomic E-state index is -0.645. The molecular weight excluding hydrogens is 1660 g/mol. The Hall–Kier alpha value is -9.19. The highest BCUT2D eigenvalue weighted by Gasteiger charge is 2.34. The number of primary amides is 1. The lowest BCUT2D eigenvalue weighted by molar-refractivity contribution is -0.149. The molecule has 132 heavy (non-hydrogen) atoms. The van der Waals surface area contributed by atoms with Crippen LogP contribution < -0.4 is 28.3 Å². The van der Waals surface area contributed by atoms with Gasteiger partial charge in [-0.2, -0.15) is 0 Å². The van der Waals surface area contributed by atoms with Crippen LogP contribution in [-0.4, -0.2) is 327 Å². The van der Waals surface area contributed by atoms with Gasteiger partial charge >= 0.3 is 0 Å². The van der Waals surface area contributed by atoms with Crippen molar-refractivity contribution in [2.45, 2.75) is 234 Å². The molecule has 4 aromatic rings. The molecule has 0 radical (unpaired) electrons. The Balaban J connectivity index is 1.49. The second-order valence-corrected chi connectivity index (χ2v) is 36.2. The third-order valence-corrected chi connectivity index (χ3v) is 25.5. The molecule has 1 aliphatic rings. The minimum Gasteiger partial charge on any atom is -0.368 e.